The van der Waals surface area contributed by atoms with Crippen LogP contribution in [0.3, 0.4) is 0 Å². The van der Waals surface area contributed by atoms with Crippen molar-refractivity contribution in [3.63, 3.8) is 0 Å². The van der Waals surface area contributed by atoms with Crippen LogP contribution in [0.4, 0.5) is 11.4 Å². The lowest BCUT2D eigenvalue weighted by molar-refractivity contribution is 0.102. The van der Waals surface area contributed by atoms with Crippen LogP contribution >= 0.6 is 11.6 Å². The fourth-order valence-electron chi connectivity index (χ4n) is 2.87. The van der Waals surface area contributed by atoms with Gasteiger partial charge >= 0.3 is 0 Å². The summed E-state index contributed by atoms with van der Waals surface area (Å²) in [5.74, 6) is 0.489. The molecular weight excluding hydrogens is 440 g/mol. The molecule has 0 bridgehead atoms. The molecule has 0 radical (unpaired) electrons. The molecule has 3 aromatic carbocycles. The molecule has 1 N–H and O–H groups in total. The Kier molecular flexibility index (Phi) is 6.72. The van der Waals surface area contributed by atoms with Crippen LogP contribution in [0.2, 0.25) is 5.02 Å². The number of methoxy groups -OCH3 is 2. The van der Waals surface area contributed by atoms with Crippen LogP contribution in [0, 0.1) is 0 Å². The number of hydrogen-bond acceptors (Lipinski definition) is 5. The molecule has 7 nitrogen and oxygen atoms in total. The number of amides is 1. The van der Waals surface area contributed by atoms with E-state index >= 15 is 0 Å². The van der Waals surface area contributed by atoms with Crippen molar-refractivity contribution in [3.8, 4) is 11.5 Å². The van der Waals surface area contributed by atoms with Crippen LogP contribution < -0.4 is 19.1 Å². The number of sulfonamides is 1. The standard InChI is InChI=1S/C22H21ClN2O5S/c1-25(17-8-5-7-16(23)13-17)31(27,28)19-9-4-6-15(12-19)22(26)24-20-14-18(29-2)10-11-21(20)30-3/h4-14H,1-3H3,(H,24,26). The van der Waals surface area contributed by atoms with Crippen molar-refractivity contribution in [1.29, 1.82) is 0 Å². The zero-order chi connectivity index (χ0) is 22.6. The van der Waals surface area contributed by atoms with Gasteiger partial charge in [0.25, 0.3) is 15.9 Å². The van der Waals surface area contributed by atoms with Gasteiger partial charge in [-0.25, -0.2) is 8.42 Å². The molecular formula is C22H21ClN2O5S. The Morgan fingerprint density at radius 2 is 1.71 bits per heavy atom. The van der Waals surface area contributed by atoms with E-state index in [1.165, 1.54) is 45.5 Å². The second kappa shape index (κ2) is 9.28. The van der Waals surface area contributed by atoms with Crippen LogP contribution in [0.5, 0.6) is 11.5 Å². The average molecular weight is 461 g/mol. The molecule has 0 heterocycles. The maximum atomic E-state index is 13.1. The first-order chi connectivity index (χ1) is 14.8. The van der Waals surface area contributed by atoms with Crippen LogP contribution in [-0.4, -0.2) is 35.6 Å². The van der Waals surface area contributed by atoms with Crippen molar-refractivity contribution in [3.05, 3.63) is 77.3 Å². The van der Waals surface area contributed by atoms with Crippen molar-refractivity contribution in [2.24, 2.45) is 0 Å². The van der Waals surface area contributed by atoms with Gasteiger partial charge in [0.1, 0.15) is 11.5 Å². The number of nitrogens with one attached hydrogen (secondary N) is 1. The Balaban J connectivity index is 1.90. The summed E-state index contributed by atoms with van der Waals surface area (Å²) in [6.45, 7) is 0. The van der Waals surface area contributed by atoms with Crippen LogP contribution in [-0.2, 0) is 10.0 Å². The van der Waals surface area contributed by atoms with E-state index in [0.29, 0.717) is 27.9 Å². The molecule has 3 rings (SSSR count). The average Bonchev–Trinajstić information content (AvgIpc) is 2.78. The minimum Gasteiger partial charge on any atom is -0.497 e. The van der Waals surface area contributed by atoms with Gasteiger partial charge in [-0.1, -0.05) is 23.7 Å². The minimum atomic E-state index is -3.91. The first-order valence-corrected chi connectivity index (χ1v) is 11.0. The highest BCUT2D eigenvalue weighted by atomic mass is 35.5. The zero-order valence-electron chi connectivity index (χ0n) is 17.1. The number of carbonyl (C=O) groups is 1. The van der Waals surface area contributed by atoms with E-state index in [9.17, 15) is 13.2 Å². The molecule has 0 atom stereocenters. The third kappa shape index (κ3) is 4.92. The van der Waals surface area contributed by atoms with Crippen LogP contribution in [0.15, 0.2) is 71.6 Å². The Morgan fingerprint density at radius 3 is 2.39 bits per heavy atom. The summed E-state index contributed by atoms with van der Waals surface area (Å²) in [5.41, 5.74) is 0.977. The number of nitrogens with zero attached hydrogens (tertiary/aromatic N) is 1. The Morgan fingerprint density at radius 1 is 0.968 bits per heavy atom. The van der Waals surface area contributed by atoms with E-state index in [-0.39, 0.29) is 10.5 Å². The molecule has 0 unspecified atom stereocenters. The molecule has 0 aromatic heterocycles. The normalized spacial score (nSPS) is 11.0. The number of rotatable bonds is 7. The minimum absolute atomic E-state index is 0.0276. The van der Waals surface area contributed by atoms with Crippen molar-refractivity contribution >= 4 is 38.9 Å². The topological polar surface area (TPSA) is 84.9 Å². The summed E-state index contributed by atoms with van der Waals surface area (Å²) in [4.78, 5) is 12.8. The number of halogens is 1. The number of carbonyl (C=O) groups excluding carboxylic acids is 1. The maximum Gasteiger partial charge on any atom is 0.264 e. The Bertz CT molecular complexity index is 1210. The fraction of sp³-hybridized carbons (Fsp3) is 0.136. The van der Waals surface area contributed by atoms with Crippen molar-refractivity contribution in [1.82, 2.24) is 0 Å². The molecule has 0 saturated carbocycles. The molecule has 0 spiro atoms. The van der Waals surface area contributed by atoms with Crippen molar-refractivity contribution < 1.29 is 22.7 Å². The van der Waals surface area contributed by atoms with Gasteiger partial charge in [-0.05, 0) is 48.5 Å². The summed E-state index contributed by atoms with van der Waals surface area (Å²) in [5, 5.41) is 3.15. The first-order valence-electron chi connectivity index (χ1n) is 9.14. The second-order valence-corrected chi connectivity index (χ2v) is 8.91. The lowest BCUT2D eigenvalue weighted by atomic mass is 10.2. The van der Waals surface area contributed by atoms with E-state index in [2.05, 4.69) is 5.32 Å². The van der Waals surface area contributed by atoms with Gasteiger partial charge in [0.05, 0.1) is 30.5 Å². The molecule has 0 fully saturated rings. The monoisotopic (exact) mass is 460 g/mol. The summed E-state index contributed by atoms with van der Waals surface area (Å²) in [6, 6.07) is 17.3. The van der Waals surface area contributed by atoms with Crippen LogP contribution in [0.25, 0.3) is 0 Å². The number of anilines is 2. The molecule has 0 aliphatic heterocycles. The quantitative estimate of drug-likeness (QED) is 0.563. The predicted octanol–water partition coefficient (Wildman–Crippen LogP) is 4.43. The maximum absolute atomic E-state index is 13.1. The van der Waals surface area contributed by atoms with Crippen molar-refractivity contribution in [2.45, 2.75) is 4.90 Å². The highest BCUT2D eigenvalue weighted by molar-refractivity contribution is 7.92. The second-order valence-electron chi connectivity index (χ2n) is 6.50. The summed E-state index contributed by atoms with van der Waals surface area (Å²) < 4.78 is 37.7. The highest BCUT2D eigenvalue weighted by Gasteiger charge is 2.23. The third-order valence-electron chi connectivity index (χ3n) is 4.58. The third-order valence-corrected chi connectivity index (χ3v) is 6.60. The smallest absolute Gasteiger partial charge is 0.264 e. The van der Waals surface area contributed by atoms with Crippen molar-refractivity contribution in [2.75, 3.05) is 30.9 Å². The summed E-state index contributed by atoms with van der Waals surface area (Å²) in [6.07, 6.45) is 0. The van der Waals surface area contributed by atoms with E-state index in [4.69, 9.17) is 21.1 Å². The number of hydrogen-bond donors (Lipinski definition) is 1. The molecule has 0 saturated heterocycles. The van der Waals surface area contributed by atoms with E-state index in [1.54, 1.807) is 42.5 Å². The largest absolute Gasteiger partial charge is 0.497 e. The molecule has 0 aliphatic carbocycles. The predicted molar refractivity (Wildman–Crippen MR) is 121 cm³/mol. The molecule has 1 amide bonds. The highest BCUT2D eigenvalue weighted by Crippen LogP contribution is 2.30. The Hall–Kier alpha value is -3.23. The molecule has 31 heavy (non-hydrogen) atoms. The molecule has 9 heteroatoms. The van der Waals surface area contributed by atoms with Crippen LogP contribution in [0.1, 0.15) is 10.4 Å². The van der Waals surface area contributed by atoms with Gasteiger partial charge in [0.2, 0.25) is 0 Å². The molecule has 162 valence electrons. The summed E-state index contributed by atoms with van der Waals surface area (Å²) in [7, 11) is 0.509. The van der Waals surface area contributed by atoms with E-state index < -0.39 is 15.9 Å². The van der Waals surface area contributed by atoms with E-state index in [0.717, 1.165) is 4.31 Å². The zero-order valence-corrected chi connectivity index (χ0v) is 18.7. The van der Waals surface area contributed by atoms with Gasteiger partial charge in [0.15, 0.2) is 0 Å². The SMILES string of the molecule is COc1ccc(OC)c(NC(=O)c2cccc(S(=O)(=O)N(C)c3cccc(Cl)c3)c2)c1. The fourth-order valence-corrected chi connectivity index (χ4v) is 4.29. The first kappa shape index (κ1) is 22.5. The van der Waals surface area contributed by atoms with Gasteiger partial charge in [0, 0.05) is 23.7 Å². The van der Waals surface area contributed by atoms with Gasteiger partial charge in [-0.2, -0.15) is 0 Å². The summed E-state index contributed by atoms with van der Waals surface area (Å²) >= 11 is 5.98. The number of benzene rings is 3. The van der Waals surface area contributed by atoms with Gasteiger partial charge in [-0.15, -0.1) is 0 Å². The number of ether oxygens (including phenoxy) is 2. The lowest BCUT2D eigenvalue weighted by Gasteiger charge is -2.20. The van der Waals surface area contributed by atoms with Gasteiger partial charge in [-0.3, -0.25) is 9.10 Å². The molecule has 0 aliphatic rings. The lowest BCUT2D eigenvalue weighted by Crippen LogP contribution is -2.26. The van der Waals surface area contributed by atoms with Gasteiger partial charge < -0.3 is 14.8 Å². The molecule has 3 aromatic rings. The Labute approximate surface area is 186 Å². The van der Waals surface area contributed by atoms with E-state index in [1.807, 2.05) is 0 Å².